The van der Waals surface area contributed by atoms with Gasteiger partial charge in [-0.1, -0.05) is 17.7 Å². The molecule has 1 aromatic carbocycles. The van der Waals surface area contributed by atoms with Gasteiger partial charge in [-0.2, -0.15) is 0 Å². The summed E-state index contributed by atoms with van der Waals surface area (Å²) in [5.41, 5.74) is 0. The van der Waals surface area contributed by atoms with Crippen LogP contribution >= 0.6 is 11.6 Å². The number of amides is 1. The molecule has 15 heavy (non-hydrogen) atoms. The third-order valence-corrected chi connectivity index (χ3v) is 1.99. The van der Waals surface area contributed by atoms with Crippen molar-refractivity contribution in [2.24, 2.45) is 0 Å². The topological polar surface area (TPSA) is 38.3 Å². The Hall–Kier alpha value is -1.22. The Morgan fingerprint density at radius 2 is 2.33 bits per heavy atom. The zero-order valence-electron chi connectivity index (χ0n) is 8.63. The predicted octanol–water partition coefficient (Wildman–Crippen LogP) is 2.25. The number of carbonyl (C=O) groups excluding carboxylic acids is 1. The fourth-order valence-corrected chi connectivity index (χ4v) is 1.26. The molecule has 0 spiro atoms. The Morgan fingerprint density at radius 1 is 1.53 bits per heavy atom. The van der Waals surface area contributed by atoms with Crippen molar-refractivity contribution in [1.29, 1.82) is 0 Å². The van der Waals surface area contributed by atoms with Crippen LogP contribution in [0.2, 0.25) is 5.02 Å². The minimum absolute atomic E-state index is 0.0160. The molecule has 0 fully saturated rings. The van der Waals surface area contributed by atoms with E-state index in [0.29, 0.717) is 18.2 Å². The number of hydrogen-bond donors (Lipinski definition) is 1. The lowest BCUT2D eigenvalue weighted by Gasteiger charge is -2.06. The molecule has 0 aliphatic rings. The summed E-state index contributed by atoms with van der Waals surface area (Å²) in [6, 6.07) is 7.25. The Labute approximate surface area is 94.4 Å². The summed E-state index contributed by atoms with van der Waals surface area (Å²) < 4.78 is 5.43. The molecule has 0 aliphatic heterocycles. The third kappa shape index (κ3) is 5.27. The summed E-state index contributed by atoms with van der Waals surface area (Å²) in [4.78, 5) is 10.6. The van der Waals surface area contributed by atoms with Crippen LogP contribution < -0.4 is 10.1 Å². The van der Waals surface area contributed by atoms with Crippen LogP contribution in [0.1, 0.15) is 13.3 Å². The van der Waals surface area contributed by atoms with Gasteiger partial charge in [-0.05, 0) is 24.6 Å². The van der Waals surface area contributed by atoms with Gasteiger partial charge in [-0.3, -0.25) is 4.79 Å². The number of ether oxygens (including phenoxy) is 1. The molecule has 0 saturated carbocycles. The second-order valence-corrected chi connectivity index (χ2v) is 3.58. The predicted molar refractivity (Wildman–Crippen MR) is 60.2 cm³/mol. The normalized spacial score (nSPS) is 9.73. The molecule has 0 aliphatic carbocycles. The van der Waals surface area contributed by atoms with Crippen LogP contribution in [0.3, 0.4) is 0 Å². The second-order valence-electron chi connectivity index (χ2n) is 3.14. The maximum Gasteiger partial charge on any atom is 0.216 e. The minimum Gasteiger partial charge on any atom is -0.493 e. The summed E-state index contributed by atoms with van der Waals surface area (Å²) >= 11 is 5.79. The van der Waals surface area contributed by atoms with Crippen LogP contribution in [0.4, 0.5) is 0 Å². The summed E-state index contributed by atoms with van der Waals surface area (Å²) in [6.07, 6.45) is 0.784. The van der Waals surface area contributed by atoms with Crippen molar-refractivity contribution in [2.45, 2.75) is 13.3 Å². The molecule has 0 radical (unpaired) electrons. The van der Waals surface area contributed by atoms with Crippen LogP contribution in [0.15, 0.2) is 24.3 Å². The van der Waals surface area contributed by atoms with Crippen molar-refractivity contribution in [1.82, 2.24) is 5.32 Å². The molecule has 0 unspecified atom stereocenters. The monoisotopic (exact) mass is 227 g/mol. The van der Waals surface area contributed by atoms with Gasteiger partial charge in [0, 0.05) is 18.5 Å². The van der Waals surface area contributed by atoms with Gasteiger partial charge >= 0.3 is 0 Å². The van der Waals surface area contributed by atoms with Gasteiger partial charge < -0.3 is 10.1 Å². The summed E-state index contributed by atoms with van der Waals surface area (Å²) in [5.74, 6) is 0.739. The molecule has 0 bridgehead atoms. The van der Waals surface area contributed by atoms with Gasteiger partial charge in [0.05, 0.1) is 6.61 Å². The van der Waals surface area contributed by atoms with E-state index >= 15 is 0 Å². The molecular formula is C11H14ClNO2. The number of rotatable bonds is 5. The largest absolute Gasteiger partial charge is 0.493 e. The van der Waals surface area contributed by atoms with E-state index in [0.717, 1.165) is 12.2 Å². The van der Waals surface area contributed by atoms with Gasteiger partial charge in [0.15, 0.2) is 0 Å². The maximum absolute atomic E-state index is 10.6. The van der Waals surface area contributed by atoms with Crippen LogP contribution in [-0.2, 0) is 4.79 Å². The number of nitrogens with one attached hydrogen (secondary N) is 1. The van der Waals surface area contributed by atoms with Crippen molar-refractivity contribution in [2.75, 3.05) is 13.2 Å². The highest BCUT2D eigenvalue weighted by Gasteiger charge is 1.95. The van der Waals surface area contributed by atoms with E-state index in [2.05, 4.69) is 5.32 Å². The Balaban J connectivity index is 2.17. The standard InChI is InChI=1S/C11H14ClNO2/c1-9(14)13-6-3-7-15-11-5-2-4-10(12)8-11/h2,4-5,8H,3,6-7H2,1H3,(H,13,14). The Bertz CT molecular complexity index is 328. The minimum atomic E-state index is -0.0160. The average molecular weight is 228 g/mol. The molecule has 4 heteroatoms. The maximum atomic E-state index is 10.6. The first-order valence-corrected chi connectivity index (χ1v) is 5.19. The Kier molecular flexibility index (Phi) is 4.98. The van der Waals surface area contributed by atoms with Crippen molar-refractivity contribution >= 4 is 17.5 Å². The highest BCUT2D eigenvalue weighted by Crippen LogP contribution is 2.16. The molecule has 0 aromatic heterocycles. The first-order chi connectivity index (χ1) is 7.18. The lowest BCUT2D eigenvalue weighted by Crippen LogP contribution is -2.22. The first kappa shape index (κ1) is 11.9. The van der Waals surface area contributed by atoms with E-state index in [1.807, 2.05) is 12.1 Å². The lowest BCUT2D eigenvalue weighted by molar-refractivity contribution is -0.118. The van der Waals surface area contributed by atoms with Crippen molar-refractivity contribution < 1.29 is 9.53 Å². The van der Waals surface area contributed by atoms with Crippen LogP contribution in [-0.4, -0.2) is 19.1 Å². The average Bonchev–Trinajstić information content (AvgIpc) is 2.17. The molecule has 1 aromatic rings. The molecule has 0 saturated heterocycles. The lowest BCUT2D eigenvalue weighted by atomic mass is 10.3. The first-order valence-electron chi connectivity index (χ1n) is 4.81. The second kappa shape index (κ2) is 6.30. The van der Waals surface area contributed by atoms with E-state index in [4.69, 9.17) is 16.3 Å². The third-order valence-electron chi connectivity index (χ3n) is 1.76. The van der Waals surface area contributed by atoms with E-state index in [-0.39, 0.29) is 5.91 Å². The summed E-state index contributed by atoms with van der Waals surface area (Å²) in [7, 11) is 0. The molecule has 0 heterocycles. The number of hydrogen-bond acceptors (Lipinski definition) is 2. The quantitative estimate of drug-likeness (QED) is 0.784. The fraction of sp³-hybridized carbons (Fsp3) is 0.364. The van der Waals surface area contributed by atoms with E-state index in [1.54, 1.807) is 12.1 Å². The SMILES string of the molecule is CC(=O)NCCCOc1cccc(Cl)c1. The van der Waals surface area contributed by atoms with E-state index in [9.17, 15) is 4.79 Å². The van der Waals surface area contributed by atoms with Crippen molar-refractivity contribution in [3.05, 3.63) is 29.3 Å². The molecule has 1 rings (SSSR count). The highest BCUT2D eigenvalue weighted by molar-refractivity contribution is 6.30. The Morgan fingerprint density at radius 3 is 3.00 bits per heavy atom. The van der Waals surface area contributed by atoms with Crippen LogP contribution in [0.5, 0.6) is 5.75 Å². The van der Waals surface area contributed by atoms with E-state index < -0.39 is 0 Å². The van der Waals surface area contributed by atoms with Crippen molar-refractivity contribution in [3.63, 3.8) is 0 Å². The van der Waals surface area contributed by atoms with Crippen LogP contribution in [0.25, 0.3) is 0 Å². The fourth-order valence-electron chi connectivity index (χ4n) is 1.08. The zero-order chi connectivity index (χ0) is 11.1. The van der Waals surface area contributed by atoms with Crippen molar-refractivity contribution in [3.8, 4) is 5.75 Å². The number of carbonyl (C=O) groups is 1. The zero-order valence-corrected chi connectivity index (χ0v) is 9.38. The molecule has 1 amide bonds. The molecule has 3 nitrogen and oxygen atoms in total. The summed E-state index contributed by atoms with van der Waals surface area (Å²) in [5, 5.41) is 3.36. The van der Waals surface area contributed by atoms with Gasteiger partial charge in [-0.25, -0.2) is 0 Å². The van der Waals surface area contributed by atoms with E-state index in [1.165, 1.54) is 6.92 Å². The molecular weight excluding hydrogens is 214 g/mol. The number of halogens is 1. The van der Waals surface area contributed by atoms with Crippen LogP contribution in [0, 0.1) is 0 Å². The van der Waals surface area contributed by atoms with Gasteiger partial charge in [-0.15, -0.1) is 0 Å². The van der Waals surface area contributed by atoms with Gasteiger partial charge in [0.1, 0.15) is 5.75 Å². The smallest absolute Gasteiger partial charge is 0.216 e. The van der Waals surface area contributed by atoms with Gasteiger partial charge in [0.2, 0.25) is 5.91 Å². The highest BCUT2D eigenvalue weighted by atomic mass is 35.5. The molecule has 82 valence electrons. The summed E-state index contributed by atoms with van der Waals surface area (Å²) in [6.45, 7) is 2.70. The van der Waals surface area contributed by atoms with Gasteiger partial charge in [0.25, 0.3) is 0 Å². The number of benzene rings is 1. The molecule has 1 N–H and O–H groups in total. The molecule has 0 atom stereocenters.